The van der Waals surface area contributed by atoms with Crippen LogP contribution in [0.15, 0.2) is 24.3 Å². The smallest absolute Gasteiger partial charge is 0.0366 e. The van der Waals surface area contributed by atoms with E-state index in [0.717, 1.165) is 6.42 Å². The number of nitrogens with two attached hydrogens (primary N) is 1. The highest BCUT2D eigenvalue weighted by Gasteiger charge is 2.17. The van der Waals surface area contributed by atoms with E-state index in [2.05, 4.69) is 43.1 Å². The minimum Gasteiger partial charge on any atom is -0.372 e. The molecule has 2 rings (SSSR count). The number of nitrogens with zero attached hydrogens (tertiary/aromatic N) is 1. The van der Waals surface area contributed by atoms with Crippen LogP contribution in [0.1, 0.15) is 63.5 Å². The third kappa shape index (κ3) is 3.73. The largest absolute Gasteiger partial charge is 0.372 e. The minimum absolute atomic E-state index is 0.178. The average molecular weight is 260 g/mol. The van der Waals surface area contributed by atoms with Crippen molar-refractivity contribution in [2.75, 3.05) is 11.9 Å². The normalized spacial score (nSPS) is 18.9. The molecule has 1 fully saturated rings. The van der Waals surface area contributed by atoms with Crippen molar-refractivity contribution in [3.63, 3.8) is 0 Å². The van der Waals surface area contributed by atoms with Crippen molar-refractivity contribution in [2.45, 2.75) is 64.0 Å². The van der Waals surface area contributed by atoms with Crippen molar-refractivity contribution >= 4 is 5.69 Å². The van der Waals surface area contributed by atoms with Crippen molar-refractivity contribution in [3.05, 3.63) is 29.8 Å². The Labute approximate surface area is 118 Å². The molecule has 0 aliphatic heterocycles. The van der Waals surface area contributed by atoms with E-state index in [-0.39, 0.29) is 6.04 Å². The van der Waals surface area contributed by atoms with Gasteiger partial charge in [0.2, 0.25) is 0 Å². The SMILES string of the molecule is CC[C@H](N)c1ccc(N(C)C2CCCCCC2)cc1. The molecule has 0 amide bonds. The number of hydrogen-bond acceptors (Lipinski definition) is 2. The van der Waals surface area contributed by atoms with Crippen LogP contribution < -0.4 is 10.6 Å². The summed E-state index contributed by atoms with van der Waals surface area (Å²) in [6, 6.07) is 9.74. The van der Waals surface area contributed by atoms with E-state index in [9.17, 15) is 0 Å². The molecule has 2 nitrogen and oxygen atoms in total. The van der Waals surface area contributed by atoms with Crippen LogP contribution in [0.25, 0.3) is 0 Å². The molecule has 1 atom stereocenters. The molecule has 1 aromatic rings. The van der Waals surface area contributed by atoms with Crippen LogP contribution in [-0.4, -0.2) is 13.1 Å². The van der Waals surface area contributed by atoms with Gasteiger partial charge in [0.25, 0.3) is 0 Å². The van der Waals surface area contributed by atoms with Gasteiger partial charge in [-0.2, -0.15) is 0 Å². The summed E-state index contributed by atoms with van der Waals surface area (Å²) in [5, 5.41) is 0. The van der Waals surface area contributed by atoms with Crippen LogP contribution >= 0.6 is 0 Å². The van der Waals surface area contributed by atoms with E-state index >= 15 is 0 Å². The van der Waals surface area contributed by atoms with E-state index in [1.807, 2.05) is 0 Å². The summed E-state index contributed by atoms with van der Waals surface area (Å²) in [5.41, 5.74) is 8.65. The Kier molecular flexibility index (Phi) is 5.26. The van der Waals surface area contributed by atoms with E-state index in [4.69, 9.17) is 5.73 Å². The van der Waals surface area contributed by atoms with Gasteiger partial charge in [-0.1, -0.05) is 44.7 Å². The first-order chi connectivity index (χ1) is 9.22. The molecule has 2 N–H and O–H groups in total. The number of rotatable bonds is 4. The second-order valence-corrected chi connectivity index (χ2v) is 5.86. The predicted octanol–water partition coefficient (Wildman–Crippen LogP) is 4.26. The van der Waals surface area contributed by atoms with Crippen LogP contribution in [0.2, 0.25) is 0 Å². The zero-order chi connectivity index (χ0) is 13.7. The quantitative estimate of drug-likeness (QED) is 0.820. The summed E-state index contributed by atoms with van der Waals surface area (Å²) in [4.78, 5) is 2.46. The van der Waals surface area contributed by atoms with Crippen LogP contribution in [0.3, 0.4) is 0 Å². The summed E-state index contributed by atoms with van der Waals surface area (Å²) in [6.45, 7) is 2.14. The first-order valence-corrected chi connectivity index (χ1v) is 7.80. The van der Waals surface area contributed by atoms with Gasteiger partial charge in [0.15, 0.2) is 0 Å². The van der Waals surface area contributed by atoms with Crippen molar-refractivity contribution in [3.8, 4) is 0 Å². The van der Waals surface area contributed by atoms with Gasteiger partial charge >= 0.3 is 0 Å². The standard InChI is InChI=1S/C17H28N2/c1-3-17(18)14-10-12-16(13-11-14)19(2)15-8-6-4-5-7-9-15/h10-13,15,17H,3-9,18H2,1-2H3/t17-/m0/s1. The molecule has 0 unspecified atom stereocenters. The molecular weight excluding hydrogens is 232 g/mol. The van der Waals surface area contributed by atoms with Crippen LogP contribution in [-0.2, 0) is 0 Å². The predicted molar refractivity (Wildman–Crippen MR) is 83.6 cm³/mol. The van der Waals surface area contributed by atoms with Gasteiger partial charge in [-0.3, -0.25) is 0 Å². The Morgan fingerprint density at radius 2 is 1.68 bits per heavy atom. The molecule has 19 heavy (non-hydrogen) atoms. The Morgan fingerprint density at radius 1 is 1.11 bits per heavy atom. The van der Waals surface area contributed by atoms with Gasteiger partial charge in [-0.25, -0.2) is 0 Å². The topological polar surface area (TPSA) is 29.3 Å². The van der Waals surface area contributed by atoms with E-state index in [0.29, 0.717) is 6.04 Å². The van der Waals surface area contributed by atoms with Crippen LogP contribution in [0.4, 0.5) is 5.69 Å². The Bertz CT molecular complexity index is 363. The second kappa shape index (κ2) is 6.95. The molecule has 0 bridgehead atoms. The van der Waals surface area contributed by atoms with E-state index in [1.54, 1.807) is 0 Å². The molecule has 0 spiro atoms. The van der Waals surface area contributed by atoms with Gasteiger partial charge < -0.3 is 10.6 Å². The lowest BCUT2D eigenvalue weighted by molar-refractivity contribution is 0.553. The maximum atomic E-state index is 6.07. The molecule has 0 radical (unpaired) electrons. The third-order valence-electron chi connectivity index (χ3n) is 4.54. The van der Waals surface area contributed by atoms with Gasteiger partial charge in [-0.15, -0.1) is 0 Å². The summed E-state index contributed by atoms with van der Waals surface area (Å²) >= 11 is 0. The number of benzene rings is 1. The van der Waals surface area contributed by atoms with Crippen LogP contribution in [0.5, 0.6) is 0 Å². The molecule has 0 aromatic heterocycles. The van der Waals surface area contributed by atoms with Crippen LogP contribution in [0, 0.1) is 0 Å². The Morgan fingerprint density at radius 3 is 2.21 bits per heavy atom. The van der Waals surface area contributed by atoms with Crippen molar-refractivity contribution in [1.82, 2.24) is 0 Å². The summed E-state index contributed by atoms with van der Waals surface area (Å²) < 4.78 is 0. The summed E-state index contributed by atoms with van der Waals surface area (Å²) in [6.07, 6.45) is 9.27. The maximum absolute atomic E-state index is 6.07. The van der Waals surface area contributed by atoms with Crippen molar-refractivity contribution in [1.29, 1.82) is 0 Å². The van der Waals surface area contributed by atoms with Gasteiger partial charge in [-0.05, 0) is 37.0 Å². The Hall–Kier alpha value is -1.02. The lowest BCUT2D eigenvalue weighted by Crippen LogP contribution is -2.31. The van der Waals surface area contributed by atoms with E-state index in [1.165, 1.54) is 49.8 Å². The fourth-order valence-electron chi connectivity index (χ4n) is 3.05. The highest BCUT2D eigenvalue weighted by atomic mass is 15.1. The molecule has 106 valence electrons. The fourth-order valence-corrected chi connectivity index (χ4v) is 3.05. The minimum atomic E-state index is 0.178. The summed E-state index contributed by atoms with van der Waals surface area (Å²) in [5.74, 6) is 0. The average Bonchev–Trinajstić information content (AvgIpc) is 2.75. The van der Waals surface area contributed by atoms with Crippen molar-refractivity contribution in [2.24, 2.45) is 5.73 Å². The van der Waals surface area contributed by atoms with Gasteiger partial charge in [0.1, 0.15) is 0 Å². The third-order valence-corrected chi connectivity index (χ3v) is 4.54. The molecule has 2 heteroatoms. The first kappa shape index (κ1) is 14.4. The molecule has 1 saturated carbocycles. The summed E-state index contributed by atoms with van der Waals surface area (Å²) in [7, 11) is 2.24. The van der Waals surface area contributed by atoms with Gasteiger partial charge in [0.05, 0.1) is 0 Å². The number of hydrogen-bond donors (Lipinski definition) is 1. The fraction of sp³-hybridized carbons (Fsp3) is 0.647. The zero-order valence-corrected chi connectivity index (χ0v) is 12.4. The van der Waals surface area contributed by atoms with E-state index < -0.39 is 0 Å². The molecule has 1 aliphatic carbocycles. The molecule has 0 saturated heterocycles. The monoisotopic (exact) mass is 260 g/mol. The van der Waals surface area contributed by atoms with Crippen molar-refractivity contribution < 1.29 is 0 Å². The second-order valence-electron chi connectivity index (χ2n) is 5.86. The maximum Gasteiger partial charge on any atom is 0.0366 e. The molecular formula is C17H28N2. The Balaban J connectivity index is 2.03. The lowest BCUT2D eigenvalue weighted by atomic mass is 10.0. The molecule has 0 heterocycles. The lowest BCUT2D eigenvalue weighted by Gasteiger charge is -2.29. The molecule has 1 aliphatic rings. The number of anilines is 1. The molecule has 1 aromatic carbocycles. The highest BCUT2D eigenvalue weighted by molar-refractivity contribution is 5.48. The van der Waals surface area contributed by atoms with Gasteiger partial charge in [0, 0.05) is 24.8 Å². The zero-order valence-electron chi connectivity index (χ0n) is 12.4. The highest BCUT2D eigenvalue weighted by Crippen LogP contribution is 2.26. The first-order valence-electron chi connectivity index (χ1n) is 7.80.